The van der Waals surface area contributed by atoms with Crippen molar-refractivity contribution in [2.75, 3.05) is 6.61 Å². The summed E-state index contributed by atoms with van der Waals surface area (Å²) in [7, 11) is -4.50. The second-order valence-corrected chi connectivity index (χ2v) is 8.24. The quantitative estimate of drug-likeness (QED) is 0.392. The lowest BCUT2D eigenvalue weighted by Gasteiger charge is -2.23. The maximum atomic E-state index is 10.8. The van der Waals surface area contributed by atoms with Crippen molar-refractivity contribution < 1.29 is 23.3 Å². The van der Waals surface area contributed by atoms with Crippen molar-refractivity contribution in [1.29, 1.82) is 0 Å². The Morgan fingerprint density at radius 1 is 1.19 bits per heavy atom. The van der Waals surface area contributed by atoms with Crippen molar-refractivity contribution in [3.05, 3.63) is 65.6 Å². The molecule has 6 nitrogen and oxygen atoms in total. The third kappa shape index (κ3) is 9.18. The summed E-state index contributed by atoms with van der Waals surface area (Å²) in [5, 5.41) is 0. The average molecular weight is 393 g/mol. The van der Waals surface area contributed by atoms with Gasteiger partial charge in [-0.2, -0.15) is 0 Å². The summed E-state index contributed by atoms with van der Waals surface area (Å²) in [5.41, 5.74) is 6.52. The van der Waals surface area contributed by atoms with Crippen LogP contribution in [-0.4, -0.2) is 21.9 Å². The van der Waals surface area contributed by atoms with Crippen LogP contribution in [0.25, 0.3) is 6.08 Å². The minimum absolute atomic E-state index is 0.216. The van der Waals surface area contributed by atoms with Gasteiger partial charge in [-0.3, -0.25) is 4.52 Å². The molecule has 0 aliphatic carbocycles. The van der Waals surface area contributed by atoms with Gasteiger partial charge < -0.3 is 19.9 Å². The first kappa shape index (κ1) is 21.6. The Balaban J connectivity index is 1.71. The highest BCUT2D eigenvalue weighted by Gasteiger charge is 2.24. The molecule has 1 atom stereocenters. The van der Waals surface area contributed by atoms with Gasteiger partial charge in [-0.05, 0) is 56.4 Å². The number of unbranched alkanes of at least 4 members (excludes halogenated alkanes) is 1. The van der Waals surface area contributed by atoms with Gasteiger partial charge in [0.1, 0.15) is 11.5 Å². The third-order valence-corrected chi connectivity index (χ3v) is 4.61. The molecule has 2 aromatic rings. The minimum atomic E-state index is -4.50. The van der Waals surface area contributed by atoms with Crippen LogP contribution in [0.3, 0.4) is 0 Å². The predicted molar refractivity (Wildman–Crippen MR) is 106 cm³/mol. The molecule has 0 bridgehead atoms. The maximum absolute atomic E-state index is 10.8. The van der Waals surface area contributed by atoms with Crippen molar-refractivity contribution in [3.8, 4) is 0 Å². The number of phosphoric ester groups is 1. The number of nitrogens with two attached hydrogens (primary N) is 1. The first-order valence-corrected chi connectivity index (χ1v) is 10.5. The predicted octanol–water partition coefficient (Wildman–Crippen LogP) is 4.08. The zero-order valence-electron chi connectivity index (χ0n) is 15.6. The largest absolute Gasteiger partial charge is 0.469 e. The molecule has 0 radical (unpaired) electrons. The number of benzene rings is 1. The van der Waals surface area contributed by atoms with Crippen LogP contribution >= 0.6 is 7.82 Å². The average Bonchev–Trinajstić information content (AvgIpc) is 3.07. The van der Waals surface area contributed by atoms with E-state index in [1.165, 1.54) is 5.56 Å². The van der Waals surface area contributed by atoms with Crippen molar-refractivity contribution in [2.24, 2.45) is 5.73 Å². The first-order chi connectivity index (χ1) is 12.7. The molecule has 1 aromatic carbocycles. The smallest absolute Gasteiger partial charge is 0.462 e. The summed E-state index contributed by atoms with van der Waals surface area (Å²) in [6.07, 6.45) is 8.24. The molecule has 4 N–H and O–H groups in total. The van der Waals surface area contributed by atoms with E-state index in [0.29, 0.717) is 12.8 Å². The molecule has 0 saturated heterocycles. The Labute approximate surface area is 160 Å². The Morgan fingerprint density at radius 2 is 1.93 bits per heavy atom. The normalized spacial score (nSPS) is 14.5. The Hall–Kier alpha value is -1.69. The fraction of sp³-hybridized carbons (Fsp3) is 0.400. The lowest BCUT2D eigenvalue weighted by atomic mass is 9.98. The molecule has 0 amide bonds. The Morgan fingerprint density at radius 3 is 2.63 bits per heavy atom. The monoisotopic (exact) mass is 393 g/mol. The molecule has 0 fully saturated rings. The standard InChI is InChI=1S/C20H28NO5P/c1-20(21,16-25-27(22,23)24)15-14-19-13-12-18(26-19)11-7-3-6-10-17-8-4-2-5-9-17/h2,4-5,7-9,11-13H,3,6,10,14-16,21H2,1H3,(H2,22,23,24)/b11-7+. The Kier molecular flexibility index (Phi) is 8.02. The summed E-state index contributed by atoms with van der Waals surface area (Å²) in [5.74, 6) is 1.57. The summed E-state index contributed by atoms with van der Waals surface area (Å²) < 4.78 is 21.0. The van der Waals surface area contributed by atoms with Crippen molar-refractivity contribution >= 4 is 13.9 Å². The van der Waals surface area contributed by atoms with Gasteiger partial charge >= 0.3 is 7.82 Å². The lowest BCUT2D eigenvalue weighted by molar-refractivity contribution is 0.154. The van der Waals surface area contributed by atoms with Crippen molar-refractivity contribution in [3.63, 3.8) is 0 Å². The highest BCUT2D eigenvalue weighted by Crippen LogP contribution is 2.36. The highest BCUT2D eigenvalue weighted by atomic mass is 31.2. The number of hydrogen-bond acceptors (Lipinski definition) is 4. The number of rotatable bonds is 11. The minimum Gasteiger partial charge on any atom is -0.462 e. The van der Waals surface area contributed by atoms with Crippen LogP contribution in [0, 0.1) is 0 Å². The molecule has 0 aliphatic heterocycles. The second-order valence-electron chi connectivity index (χ2n) is 7.00. The molecular formula is C20H28NO5P. The number of furan rings is 1. The van der Waals surface area contributed by atoms with Crippen LogP contribution in [0.2, 0.25) is 0 Å². The van der Waals surface area contributed by atoms with Crippen LogP contribution in [0.4, 0.5) is 0 Å². The van der Waals surface area contributed by atoms with Gasteiger partial charge in [0.25, 0.3) is 0 Å². The fourth-order valence-corrected chi connectivity index (χ4v) is 3.06. The van der Waals surface area contributed by atoms with Gasteiger partial charge in [0.15, 0.2) is 0 Å². The molecule has 1 unspecified atom stereocenters. The molecular weight excluding hydrogens is 365 g/mol. The van der Waals surface area contributed by atoms with Crippen LogP contribution in [-0.2, 0) is 21.9 Å². The van der Waals surface area contributed by atoms with E-state index in [9.17, 15) is 4.57 Å². The van der Waals surface area contributed by atoms with E-state index < -0.39 is 13.4 Å². The van der Waals surface area contributed by atoms with Gasteiger partial charge in [0, 0.05) is 12.0 Å². The summed E-state index contributed by atoms with van der Waals surface area (Å²) in [6.45, 7) is 1.48. The lowest BCUT2D eigenvalue weighted by Crippen LogP contribution is -2.41. The second kappa shape index (κ2) is 10.0. The van der Waals surface area contributed by atoms with E-state index in [1.807, 2.05) is 24.3 Å². The molecule has 1 heterocycles. The van der Waals surface area contributed by atoms with Crippen LogP contribution < -0.4 is 5.73 Å². The van der Waals surface area contributed by atoms with E-state index in [4.69, 9.17) is 19.9 Å². The summed E-state index contributed by atoms with van der Waals surface area (Å²) >= 11 is 0. The van der Waals surface area contributed by atoms with Gasteiger partial charge in [0.05, 0.1) is 6.61 Å². The van der Waals surface area contributed by atoms with E-state index >= 15 is 0 Å². The van der Waals surface area contributed by atoms with Crippen molar-refractivity contribution in [2.45, 2.75) is 44.6 Å². The number of phosphoric acid groups is 1. The van der Waals surface area contributed by atoms with Gasteiger partial charge in [0.2, 0.25) is 0 Å². The topological polar surface area (TPSA) is 106 Å². The van der Waals surface area contributed by atoms with Crippen LogP contribution in [0.15, 0.2) is 53.0 Å². The van der Waals surface area contributed by atoms with E-state index in [2.05, 4.69) is 34.9 Å². The first-order valence-electron chi connectivity index (χ1n) is 9.02. The molecule has 2 rings (SSSR count). The molecule has 7 heteroatoms. The summed E-state index contributed by atoms with van der Waals surface area (Å²) in [4.78, 5) is 17.5. The SMILES string of the molecule is CC(N)(CCc1ccc(/C=C/CCCc2ccccc2)o1)COP(=O)(O)O. The number of allylic oxidation sites excluding steroid dienone is 1. The van der Waals surface area contributed by atoms with E-state index in [-0.39, 0.29) is 6.61 Å². The Bertz CT molecular complexity index is 764. The molecule has 0 saturated carbocycles. The van der Waals surface area contributed by atoms with Gasteiger partial charge in [-0.15, -0.1) is 0 Å². The maximum Gasteiger partial charge on any atom is 0.469 e. The molecule has 148 valence electrons. The molecule has 0 aliphatic rings. The molecule has 27 heavy (non-hydrogen) atoms. The highest BCUT2D eigenvalue weighted by molar-refractivity contribution is 7.46. The number of aryl methyl sites for hydroxylation is 2. The zero-order chi connectivity index (χ0) is 19.8. The van der Waals surface area contributed by atoms with Crippen LogP contribution in [0.5, 0.6) is 0 Å². The molecule has 1 aromatic heterocycles. The number of hydrogen-bond donors (Lipinski definition) is 3. The zero-order valence-corrected chi connectivity index (χ0v) is 16.5. The summed E-state index contributed by atoms with van der Waals surface area (Å²) in [6, 6.07) is 14.2. The van der Waals surface area contributed by atoms with Crippen molar-refractivity contribution in [1.82, 2.24) is 0 Å². The fourth-order valence-electron chi connectivity index (χ4n) is 2.60. The van der Waals surface area contributed by atoms with E-state index in [1.54, 1.807) is 6.92 Å². The van der Waals surface area contributed by atoms with Gasteiger partial charge in [-0.1, -0.05) is 36.4 Å². The van der Waals surface area contributed by atoms with E-state index in [0.717, 1.165) is 30.8 Å². The third-order valence-electron chi connectivity index (χ3n) is 4.15. The van der Waals surface area contributed by atoms with Crippen LogP contribution in [0.1, 0.15) is 43.3 Å². The van der Waals surface area contributed by atoms with Gasteiger partial charge in [-0.25, -0.2) is 4.57 Å². The molecule has 0 spiro atoms.